The van der Waals surface area contributed by atoms with Crippen LogP contribution in [-0.4, -0.2) is 59.8 Å². The van der Waals surface area contributed by atoms with Gasteiger partial charge in [-0.2, -0.15) is 5.01 Å². The highest BCUT2D eigenvalue weighted by Gasteiger charge is 2.59. The lowest BCUT2D eigenvalue weighted by Crippen LogP contribution is -2.46. The minimum absolute atomic E-state index is 0.194. The quantitative estimate of drug-likeness (QED) is 0.142. The summed E-state index contributed by atoms with van der Waals surface area (Å²) in [6.07, 6.45) is 0. The van der Waals surface area contributed by atoms with Crippen molar-refractivity contribution in [3.8, 4) is 0 Å². The molecule has 0 aliphatic heterocycles. The minimum atomic E-state index is -5.70. The SMILES string of the molecule is O=NN(CCCl)C(=O)NCC(O)(P(=O)(O)O)P(=O)(O)O. The number of amides is 2. The number of rotatable bonds is 7. The first-order chi connectivity index (χ1) is 8.90. The molecule has 0 aromatic carbocycles. The molecular weight excluding hydrogens is 343 g/mol. The smallest absolute Gasteiger partial charge is 0.366 e. The summed E-state index contributed by atoms with van der Waals surface area (Å²) in [6, 6.07) is -1.35. The van der Waals surface area contributed by atoms with Gasteiger partial charge in [-0.15, -0.1) is 16.5 Å². The molecule has 0 saturated heterocycles. The van der Waals surface area contributed by atoms with Crippen molar-refractivity contribution in [1.29, 1.82) is 0 Å². The highest BCUT2D eigenvalue weighted by molar-refractivity contribution is 7.72. The zero-order valence-electron chi connectivity index (χ0n) is 9.66. The van der Waals surface area contributed by atoms with Crippen LogP contribution in [0.25, 0.3) is 0 Å². The number of urea groups is 1. The first-order valence-corrected chi connectivity index (χ1v) is 8.45. The van der Waals surface area contributed by atoms with Gasteiger partial charge in [-0.3, -0.25) is 9.13 Å². The third kappa shape index (κ3) is 4.47. The molecule has 0 aliphatic rings. The van der Waals surface area contributed by atoms with Crippen molar-refractivity contribution >= 4 is 32.8 Å². The van der Waals surface area contributed by atoms with Gasteiger partial charge in [0.2, 0.25) is 0 Å². The zero-order valence-corrected chi connectivity index (χ0v) is 12.2. The van der Waals surface area contributed by atoms with E-state index in [0.29, 0.717) is 0 Å². The third-order valence-electron chi connectivity index (χ3n) is 2.04. The summed E-state index contributed by atoms with van der Waals surface area (Å²) in [5.41, 5.74) is 0. The Kier molecular flexibility index (Phi) is 6.72. The molecule has 0 bridgehead atoms. The Morgan fingerprint density at radius 3 is 2.00 bits per heavy atom. The van der Waals surface area contributed by atoms with E-state index in [4.69, 9.17) is 31.2 Å². The first kappa shape index (κ1) is 19.4. The molecule has 15 heteroatoms. The largest absolute Gasteiger partial charge is 0.371 e. The molecule has 0 rings (SSSR count). The maximum absolute atomic E-state index is 11.3. The fourth-order valence-corrected chi connectivity index (χ4v) is 3.01. The maximum Gasteiger partial charge on any atom is 0.371 e. The van der Waals surface area contributed by atoms with Crippen LogP contribution < -0.4 is 5.32 Å². The molecule has 118 valence electrons. The Morgan fingerprint density at radius 1 is 1.25 bits per heavy atom. The van der Waals surface area contributed by atoms with Gasteiger partial charge in [-0.25, -0.2) is 4.79 Å². The standard InChI is InChI=1S/C5H12ClN3O9P2/c6-1-2-9(8-12)4(10)7-3-5(11,19(13,14)15)20(16,17)18/h11H,1-3H2,(H,7,10)(H2,13,14,15)(H2,16,17,18). The third-order valence-corrected chi connectivity index (χ3v) is 5.95. The second-order valence-electron chi connectivity index (χ2n) is 3.41. The van der Waals surface area contributed by atoms with Crippen LogP contribution in [0.5, 0.6) is 0 Å². The first-order valence-electron chi connectivity index (χ1n) is 4.69. The van der Waals surface area contributed by atoms with Crippen LogP contribution in [0.3, 0.4) is 0 Å². The second-order valence-corrected chi connectivity index (χ2v) is 7.80. The van der Waals surface area contributed by atoms with Crippen molar-refractivity contribution in [3.63, 3.8) is 0 Å². The molecule has 6 N–H and O–H groups in total. The fourth-order valence-electron chi connectivity index (χ4n) is 0.921. The average Bonchev–Trinajstić information content (AvgIpc) is 2.29. The van der Waals surface area contributed by atoms with Gasteiger partial charge in [0.05, 0.1) is 18.4 Å². The van der Waals surface area contributed by atoms with Crippen LogP contribution in [0.4, 0.5) is 4.79 Å². The molecule has 12 nitrogen and oxygen atoms in total. The molecular formula is C5H12ClN3O9P2. The lowest BCUT2D eigenvalue weighted by molar-refractivity contribution is 0.127. The van der Waals surface area contributed by atoms with Crippen LogP contribution in [0.15, 0.2) is 5.29 Å². The van der Waals surface area contributed by atoms with Crippen molar-refractivity contribution in [2.24, 2.45) is 5.29 Å². The highest BCUT2D eigenvalue weighted by atomic mass is 35.5. The van der Waals surface area contributed by atoms with Gasteiger partial charge in [-0.1, -0.05) is 0 Å². The number of hydrogen-bond acceptors (Lipinski definition) is 6. The van der Waals surface area contributed by atoms with Gasteiger partial charge < -0.3 is 30.0 Å². The van der Waals surface area contributed by atoms with E-state index < -0.39 is 32.9 Å². The average molecular weight is 356 g/mol. The summed E-state index contributed by atoms with van der Waals surface area (Å²) in [5, 5.41) is 9.60. The Balaban J connectivity index is 5.08. The fraction of sp³-hybridized carbons (Fsp3) is 0.800. The summed E-state index contributed by atoms with van der Waals surface area (Å²) in [7, 11) is -11.4. The van der Waals surface area contributed by atoms with Crippen molar-refractivity contribution < 1.29 is 38.6 Å². The lowest BCUT2D eigenvalue weighted by atomic mass is 10.6. The van der Waals surface area contributed by atoms with Crippen LogP contribution in [0, 0.1) is 4.91 Å². The molecule has 0 radical (unpaired) electrons. The molecule has 0 fully saturated rings. The molecule has 0 heterocycles. The van der Waals surface area contributed by atoms with E-state index in [1.807, 2.05) is 0 Å². The predicted octanol–water partition coefficient (Wildman–Crippen LogP) is -1.08. The Hall–Kier alpha value is -0.580. The number of nitrogens with zero attached hydrogens (tertiary/aromatic N) is 2. The summed E-state index contributed by atoms with van der Waals surface area (Å²) < 4.78 is 21.9. The summed E-state index contributed by atoms with van der Waals surface area (Å²) in [4.78, 5) is 56.7. The lowest BCUT2D eigenvalue weighted by Gasteiger charge is -2.29. The van der Waals surface area contributed by atoms with E-state index >= 15 is 0 Å². The Bertz CT molecular complexity index is 438. The van der Waals surface area contributed by atoms with E-state index in [1.165, 1.54) is 0 Å². The van der Waals surface area contributed by atoms with Gasteiger partial charge in [0.15, 0.2) is 0 Å². The van der Waals surface area contributed by atoms with E-state index in [9.17, 15) is 23.9 Å². The van der Waals surface area contributed by atoms with Gasteiger partial charge in [0.25, 0.3) is 5.08 Å². The molecule has 0 atom stereocenters. The molecule has 20 heavy (non-hydrogen) atoms. The van der Waals surface area contributed by atoms with Gasteiger partial charge >= 0.3 is 21.2 Å². The minimum Gasteiger partial charge on any atom is -0.366 e. The van der Waals surface area contributed by atoms with Crippen LogP contribution in [0.2, 0.25) is 0 Å². The van der Waals surface area contributed by atoms with Crippen LogP contribution in [0.1, 0.15) is 0 Å². The molecule has 0 saturated carbocycles. The highest BCUT2D eigenvalue weighted by Crippen LogP contribution is 2.66. The van der Waals surface area contributed by atoms with Gasteiger partial charge in [-0.05, 0) is 0 Å². The monoisotopic (exact) mass is 355 g/mol. The Labute approximate surface area is 117 Å². The number of carbonyl (C=O) groups is 1. The van der Waals surface area contributed by atoms with Crippen molar-refractivity contribution in [2.75, 3.05) is 19.0 Å². The van der Waals surface area contributed by atoms with E-state index in [2.05, 4.69) is 5.29 Å². The number of nitroso groups, excluding NO2 is 1. The molecule has 0 unspecified atom stereocenters. The van der Waals surface area contributed by atoms with Gasteiger partial charge in [0.1, 0.15) is 0 Å². The van der Waals surface area contributed by atoms with Crippen molar-refractivity contribution in [1.82, 2.24) is 10.3 Å². The molecule has 2 amide bonds. The summed E-state index contributed by atoms with van der Waals surface area (Å²) >= 11 is 5.24. The molecule has 0 aromatic rings. The maximum atomic E-state index is 11.3. The number of nitrogens with one attached hydrogen (secondary N) is 1. The number of halogens is 1. The number of hydrogen-bond donors (Lipinski definition) is 6. The van der Waals surface area contributed by atoms with Crippen LogP contribution >= 0.6 is 26.8 Å². The number of carbonyl (C=O) groups excluding carboxylic acids is 1. The normalized spacial score (nSPS) is 12.9. The van der Waals surface area contributed by atoms with E-state index in [1.54, 1.807) is 5.32 Å². The van der Waals surface area contributed by atoms with E-state index in [0.717, 1.165) is 0 Å². The van der Waals surface area contributed by atoms with Gasteiger partial charge in [0, 0.05) is 5.88 Å². The topological polar surface area (TPSA) is 197 Å². The molecule has 0 aromatic heterocycles. The number of aliphatic hydroxyl groups is 1. The molecule has 0 aliphatic carbocycles. The molecule has 0 spiro atoms. The summed E-state index contributed by atoms with van der Waals surface area (Å²) in [5.74, 6) is -0.194. The predicted molar refractivity (Wildman–Crippen MR) is 65.7 cm³/mol. The Morgan fingerprint density at radius 2 is 1.70 bits per heavy atom. The van der Waals surface area contributed by atoms with Crippen molar-refractivity contribution in [3.05, 3.63) is 4.91 Å². The number of alkyl halides is 1. The van der Waals surface area contributed by atoms with E-state index in [-0.39, 0.29) is 17.4 Å². The zero-order chi connectivity index (χ0) is 16.2. The van der Waals surface area contributed by atoms with Crippen molar-refractivity contribution in [2.45, 2.75) is 5.08 Å². The summed E-state index contributed by atoms with van der Waals surface area (Å²) in [6.45, 7) is -1.87. The van der Waals surface area contributed by atoms with Crippen LogP contribution in [-0.2, 0) is 9.13 Å². The second kappa shape index (κ2) is 6.92.